The molecule has 0 radical (unpaired) electrons. The highest BCUT2D eigenvalue weighted by molar-refractivity contribution is 6.37. The summed E-state index contributed by atoms with van der Waals surface area (Å²) in [5.74, 6) is 0. The summed E-state index contributed by atoms with van der Waals surface area (Å²) in [6, 6.07) is 5.02. The van der Waals surface area contributed by atoms with Gasteiger partial charge in [-0.3, -0.25) is 0 Å². The van der Waals surface area contributed by atoms with Crippen LogP contribution in [-0.4, -0.2) is 9.78 Å². The number of benzene rings is 1. The topological polar surface area (TPSA) is 65.4 Å². The SMILES string of the molecule is N#CC=Cc1cn(-c2c(Cl)cc(C(F)(F)F)cc2Cl)nc1C#N. The van der Waals surface area contributed by atoms with Crippen molar-refractivity contribution in [1.29, 1.82) is 10.5 Å². The van der Waals surface area contributed by atoms with Gasteiger partial charge in [-0.15, -0.1) is 0 Å². The minimum absolute atomic E-state index is 0.00874. The maximum absolute atomic E-state index is 12.7. The molecule has 0 fully saturated rings. The van der Waals surface area contributed by atoms with Gasteiger partial charge < -0.3 is 0 Å². The number of aromatic nitrogens is 2. The van der Waals surface area contributed by atoms with Gasteiger partial charge in [0.1, 0.15) is 11.8 Å². The van der Waals surface area contributed by atoms with Crippen molar-refractivity contribution in [3.8, 4) is 17.8 Å². The molecule has 0 saturated heterocycles. The van der Waals surface area contributed by atoms with E-state index in [1.54, 1.807) is 6.07 Å². The number of rotatable bonds is 2. The summed E-state index contributed by atoms with van der Waals surface area (Å²) in [7, 11) is 0. The van der Waals surface area contributed by atoms with Crippen LogP contribution < -0.4 is 0 Å². The van der Waals surface area contributed by atoms with E-state index in [9.17, 15) is 13.2 Å². The lowest BCUT2D eigenvalue weighted by Crippen LogP contribution is -2.07. The second-order valence-electron chi connectivity index (χ2n) is 4.24. The van der Waals surface area contributed by atoms with Gasteiger partial charge in [-0.2, -0.15) is 28.8 Å². The Kier molecular flexibility index (Phi) is 4.65. The van der Waals surface area contributed by atoms with Crippen molar-refractivity contribution in [2.24, 2.45) is 0 Å². The first-order valence-corrected chi connectivity index (χ1v) is 6.66. The molecule has 0 unspecified atom stereocenters. The molecule has 1 heterocycles. The summed E-state index contributed by atoms with van der Waals surface area (Å²) in [5.41, 5.74) is -0.701. The highest BCUT2D eigenvalue weighted by Gasteiger charge is 2.32. The quantitative estimate of drug-likeness (QED) is 0.738. The molecular weight excluding hydrogens is 352 g/mol. The molecule has 9 heteroatoms. The molecular formula is C14H5Cl2F3N4. The molecule has 0 bridgehead atoms. The Labute approximate surface area is 138 Å². The van der Waals surface area contributed by atoms with Crippen LogP contribution in [0.25, 0.3) is 11.8 Å². The Morgan fingerprint density at radius 3 is 2.26 bits per heavy atom. The Hall–Kier alpha value is -2.48. The van der Waals surface area contributed by atoms with Crippen molar-refractivity contribution in [2.75, 3.05) is 0 Å². The third-order valence-corrected chi connectivity index (χ3v) is 3.34. The van der Waals surface area contributed by atoms with Crippen LogP contribution in [0, 0.1) is 22.7 Å². The molecule has 1 aromatic carbocycles. The van der Waals surface area contributed by atoms with E-state index < -0.39 is 11.7 Å². The second kappa shape index (κ2) is 6.33. The third-order valence-electron chi connectivity index (χ3n) is 2.76. The van der Waals surface area contributed by atoms with Crippen molar-refractivity contribution in [3.63, 3.8) is 0 Å². The predicted molar refractivity (Wildman–Crippen MR) is 77.9 cm³/mol. The second-order valence-corrected chi connectivity index (χ2v) is 5.05. The molecule has 0 spiro atoms. The predicted octanol–water partition coefficient (Wildman–Crippen LogP) is 4.61. The van der Waals surface area contributed by atoms with Crippen LogP contribution in [0.3, 0.4) is 0 Å². The first-order chi connectivity index (χ1) is 10.8. The van der Waals surface area contributed by atoms with Crippen LogP contribution in [0.4, 0.5) is 13.2 Å². The Morgan fingerprint density at radius 2 is 1.78 bits per heavy atom. The zero-order valence-corrected chi connectivity index (χ0v) is 12.6. The van der Waals surface area contributed by atoms with Crippen LogP contribution >= 0.6 is 23.2 Å². The van der Waals surface area contributed by atoms with E-state index in [1.807, 2.05) is 6.07 Å². The van der Waals surface area contributed by atoms with Crippen molar-refractivity contribution in [1.82, 2.24) is 9.78 Å². The van der Waals surface area contributed by atoms with E-state index in [0.29, 0.717) is 5.56 Å². The Balaban J connectivity index is 2.60. The van der Waals surface area contributed by atoms with Gasteiger partial charge in [0.05, 0.1) is 21.7 Å². The van der Waals surface area contributed by atoms with Gasteiger partial charge >= 0.3 is 6.18 Å². The molecule has 116 valence electrons. The lowest BCUT2D eigenvalue weighted by molar-refractivity contribution is -0.137. The van der Waals surface area contributed by atoms with Crippen LogP contribution in [0.1, 0.15) is 16.8 Å². The Bertz CT molecular complexity index is 847. The summed E-state index contributed by atoms with van der Waals surface area (Å²) in [6.45, 7) is 0. The lowest BCUT2D eigenvalue weighted by Gasteiger charge is -2.12. The molecule has 1 aromatic heterocycles. The zero-order valence-electron chi connectivity index (χ0n) is 11.1. The molecule has 23 heavy (non-hydrogen) atoms. The largest absolute Gasteiger partial charge is 0.416 e. The van der Waals surface area contributed by atoms with E-state index in [0.717, 1.165) is 22.9 Å². The first-order valence-electron chi connectivity index (χ1n) is 5.90. The number of halogens is 5. The van der Waals surface area contributed by atoms with Crippen molar-refractivity contribution < 1.29 is 13.2 Å². The fourth-order valence-corrected chi connectivity index (χ4v) is 2.45. The molecule has 0 aliphatic rings. The van der Waals surface area contributed by atoms with E-state index in [1.165, 1.54) is 12.3 Å². The number of hydrogen-bond donors (Lipinski definition) is 0. The van der Waals surface area contributed by atoms with Gasteiger partial charge in [-0.05, 0) is 18.2 Å². The van der Waals surface area contributed by atoms with Gasteiger partial charge in [0.2, 0.25) is 0 Å². The van der Waals surface area contributed by atoms with Crippen molar-refractivity contribution in [3.05, 3.63) is 51.3 Å². The number of hydrogen-bond acceptors (Lipinski definition) is 3. The average Bonchev–Trinajstić information content (AvgIpc) is 2.86. The molecule has 0 amide bonds. The van der Waals surface area contributed by atoms with Gasteiger partial charge in [-0.25, -0.2) is 4.68 Å². The summed E-state index contributed by atoms with van der Waals surface area (Å²) >= 11 is 11.8. The molecule has 0 aliphatic carbocycles. The van der Waals surface area contributed by atoms with Gasteiger partial charge in [0.25, 0.3) is 0 Å². The highest BCUT2D eigenvalue weighted by atomic mass is 35.5. The maximum atomic E-state index is 12.7. The standard InChI is InChI=1S/C14H5Cl2F3N4/c15-10-4-9(14(17,18)19)5-11(16)13(10)23-7-8(2-1-3-20)12(6-21)22-23/h1-2,4-5,7H. The molecule has 0 saturated carbocycles. The first kappa shape index (κ1) is 16.9. The number of nitriles is 2. The van der Waals surface area contributed by atoms with E-state index >= 15 is 0 Å². The van der Waals surface area contributed by atoms with Gasteiger partial charge in [0.15, 0.2) is 5.69 Å². The number of alkyl halides is 3. The van der Waals surface area contributed by atoms with Crippen LogP contribution in [0.2, 0.25) is 10.0 Å². The van der Waals surface area contributed by atoms with E-state index in [-0.39, 0.29) is 21.4 Å². The number of allylic oxidation sites excluding steroid dienone is 1. The smallest absolute Gasteiger partial charge is 0.236 e. The molecule has 4 nitrogen and oxygen atoms in total. The van der Waals surface area contributed by atoms with Crippen LogP contribution in [0.5, 0.6) is 0 Å². The van der Waals surface area contributed by atoms with Crippen molar-refractivity contribution in [2.45, 2.75) is 6.18 Å². The van der Waals surface area contributed by atoms with Crippen LogP contribution in [0.15, 0.2) is 24.4 Å². The van der Waals surface area contributed by atoms with E-state index in [4.69, 9.17) is 33.7 Å². The summed E-state index contributed by atoms with van der Waals surface area (Å²) in [4.78, 5) is 0. The fourth-order valence-electron chi connectivity index (χ4n) is 1.79. The summed E-state index contributed by atoms with van der Waals surface area (Å²) < 4.78 is 39.3. The number of nitrogens with zero attached hydrogens (tertiary/aromatic N) is 4. The molecule has 2 rings (SSSR count). The van der Waals surface area contributed by atoms with Gasteiger partial charge in [0, 0.05) is 17.8 Å². The molecule has 0 aliphatic heterocycles. The Morgan fingerprint density at radius 1 is 1.17 bits per heavy atom. The molecule has 0 N–H and O–H groups in total. The summed E-state index contributed by atoms with van der Waals surface area (Å²) in [5, 5.41) is 20.9. The zero-order chi connectivity index (χ0) is 17.2. The lowest BCUT2D eigenvalue weighted by atomic mass is 10.2. The maximum Gasteiger partial charge on any atom is 0.416 e. The van der Waals surface area contributed by atoms with Gasteiger partial charge in [-0.1, -0.05) is 23.2 Å². The minimum atomic E-state index is -4.59. The molecule has 0 atom stereocenters. The fraction of sp³-hybridized carbons (Fsp3) is 0.0714. The third kappa shape index (κ3) is 3.48. The average molecular weight is 357 g/mol. The summed E-state index contributed by atoms with van der Waals surface area (Å²) in [6.07, 6.45) is -0.771. The van der Waals surface area contributed by atoms with Crippen LogP contribution in [-0.2, 0) is 6.18 Å². The normalized spacial score (nSPS) is 11.4. The highest BCUT2D eigenvalue weighted by Crippen LogP contribution is 2.37. The van der Waals surface area contributed by atoms with Crippen molar-refractivity contribution >= 4 is 29.3 Å². The van der Waals surface area contributed by atoms with E-state index in [2.05, 4.69) is 5.10 Å². The monoisotopic (exact) mass is 356 g/mol. The molecule has 2 aromatic rings. The minimum Gasteiger partial charge on any atom is -0.236 e.